The first kappa shape index (κ1) is 33.2. The smallest absolute Gasteiger partial charge is 0.410 e. The van der Waals surface area contributed by atoms with Crippen molar-refractivity contribution in [2.45, 2.75) is 108 Å². The predicted molar refractivity (Wildman–Crippen MR) is 163 cm³/mol. The Morgan fingerprint density at radius 3 is 2.63 bits per heavy atom. The standard InChI is InChI=1S/C32H43FN6O7/c1-31(2,3)46-29(43)35-24-13-8-6-4-5-7-11-20-15-32(20,28(42)37-34)36-26(40)25-14-21(17-39(25)27(24)41)45-30(44)38-16-19-10-9-12-23(33)22(19)18-38/h7,9-12,20-21,24-25H,4-6,8,13-18,34H2,1-3H3,(H,35,43)(H,36,40)(H,37,42)/b11-7-/t20-,21-,24+,25+,32-/m1/s1. The average molecular weight is 643 g/mol. The van der Waals surface area contributed by atoms with Crippen LogP contribution in [0, 0.1) is 11.7 Å². The number of carbonyl (C=O) groups excluding carboxylic acids is 5. The van der Waals surface area contributed by atoms with Crippen molar-refractivity contribution >= 4 is 29.9 Å². The van der Waals surface area contributed by atoms with Gasteiger partial charge in [-0.25, -0.2) is 19.8 Å². The molecule has 1 aliphatic carbocycles. The number of amides is 5. The summed E-state index contributed by atoms with van der Waals surface area (Å²) in [5.41, 5.74) is 1.17. The maximum Gasteiger partial charge on any atom is 0.410 e. The number of ether oxygens (including phenoxy) is 2. The summed E-state index contributed by atoms with van der Waals surface area (Å²) in [7, 11) is 0. The summed E-state index contributed by atoms with van der Waals surface area (Å²) < 4.78 is 25.5. The van der Waals surface area contributed by atoms with E-state index in [4.69, 9.17) is 15.3 Å². The first-order valence-electron chi connectivity index (χ1n) is 15.8. The van der Waals surface area contributed by atoms with Crippen LogP contribution in [-0.2, 0) is 36.9 Å². The fourth-order valence-corrected chi connectivity index (χ4v) is 6.47. The van der Waals surface area contributed by atoms with E-state index in [1.807, 2.05) is 12.2 Å². The van der Waals surface area contributed by atoms with Gasteiger partial charge in [0.25, 0.3) is 5.91 Å². The van der Waals surface area contributed by atoms with Crippen LogP contribution in [0.1, 0.15) is 76.8 Å². The van der Waals surface area contributed by atoms with E-state index in [1.165, 1.54) is 15.9 Å². The summed E-state index contributed by atoms with van der Waals surface area (Å²) in [4.78, 5) is 69.5. The first-order chi connectivity index (χ1) is 21.8. The molecule has 3 aliphatic heterocycles. The highest BCUT2D eigenvalue weighted by molar-refractivity contribution is 5.98. The van der Waals surface area contributed by atoms with Crippen LogP contribution in [0.5, 0.6) is 0 Å². The van der Waals surface area contributed by atoms with E-state index < -0.39 is 65.1 Å². The van der Waals surface area contributed by atoms with Crippen molar-refractivity contribution in [1.82, 2.24) is 25.9 Å². The number of benzene rings is 1. The Bertz CT molecular complexity index is 1410. The normalized spacial score (nSPS) is 28.8. The van der Waals surface area contributed by atoms with E-state index in [-0.39, 0.29) is 32.0 Å². The molecule has 0 aromatic heterocycles. The van der Waals surface area contributed by atoms with Crippen LogP contribution < -0.4 is 21.9 Å². The number of halogens is 1. The lowest BCUT2D eigenvalue weighted by molar-refractivity contribution is -0.141. The van der Waals surface area contributed by atoms with E-state index in [2.05, 4.69) is 16.1 Å². The Balaban J connectivity index is 1.38. The SMILES string of the molecule is CC(C)(C)OC(=O)N[C@H]1CCCCC/C=C\[C@@H]2C[C@@]2(C(=O)NN)NC(=O)[C@@H]2C[C@@H](OC(=O)N3Cc4cccc(F)c4C3)CN2C1=O. The van der Waals surface area contributed by atoms with Gasteiger partial charge in [-0.1, -0.05) is 37.1 Å². The van der Waals surface area contributed by atoms with Crippen molar-refractivity contribution in [1.29, 1.82) is 0 Å². The minimum atomic E-state index is -1.27. The van der Waals surface area contributed by atoms with Crippen LogP contribution in [-0.4, -0.2) is 75.6 Å². The van der Waals surface area contributed by atoms with Gasteiger partial charge >= 0.3 is 12.2 Å². The number of allylic oxidation sites excluding steroid dienone is 1. The van der Waals surface area contributed by atoms with Crippen LogP contribution in [0.2, 0.25) is 0 Å². The van der Waals surface area contributed by atoms with Crippen molar-refractivity contribution in [3.8, 4) is 0 Å². The Kier molecular flexibility index (Phi) is 9.57. The molecule has 1 saturated carbocycles. The highest BCUT2D eigenvalue weighted by Gasteiger charge is 2.61. The Morgan fingerprint density at radius 2 is 1.91 bits per heavy atom. The molecule has 0 radical (unpaired) electrons. The molecule has 1 saturated heterocycles. The second-order valence-electron chi connectivity index (χ2n) is 13.5. The lowest BCUT2D eigenvalue weighted by Crippen LogP contribution is -2.58. The molecule has 0 spiro atoms. The van der Waals surface area contributed by atoms with Gasteiger partial charge in [0, 0.05) is 24.4 Å². The van der Waals surface area contributed by atoms with Gasteiger partial charge in [0.2, 0.25) is 11.8 Å². The third-order valence-corrected chi connectivity index (χ3v) is 8.92. The number of alkyl carbamates (subject to hydrolysis) is 1. The zero-order valence-electron chi connectivity index (χ0n) is 26.5. The molecule has 46 heavy (non-hydrogen) atoms. The van der Waals surface area contributed by atoms with Gasteiger partial charge in [0.05, 0.1) is 13.1 Å². The fourth-order valence-electron chi connectivity index (χ4n) is 6.47. The number of hydrazine groups is 1. The third kappa shape index (κ3) is 7.27. The van der Waals surface area contributed by atoms with Crippen molar-refractivity contribution in [3.63, 3.8) is 0 Å². The number of nitrogens with zero attached hydrogens (tertiary/aromatic N) is 2. The summed E-state index contributed by atoms with van der Waals surface area (Å²) in [6.45, 7) is 5.22. The maximum atomic E-state index is 14.3. The molecule has 14 heteroatoms. The molecule has 0 unspecified atom stereocenters. The van der Waals surface area contributed by atoms with Crippen molar-refractivity contribution in [2.75, 3.05) is 6.54 Å². The van der Waals surface area contributed by atoms with Gasteiger partial charge in [0.15, 0.2) is 0 Å². The summed E-state index contributed by atoms with van der Waals surface area (Å²) in [5.74, 6) is 3.11. The van der Waals surface area contributed by atoms with Crippen LogP contribution >= 0.6 is 0 Å². The molecule has 2 fully saturated rings. The monoisotopic (exact) mass is 642 g/mol. The molecule has 0 bridgehead atoms. The molecule has 3 heterocycles. The fraction of sp³-hybridized carbons (Fsp3) is 0.594. The molecule has 5 atom stereocenters. The van der Waals surface area contributed by atoms with Gasteiger partial charge in [-0.15, -0.1) is 0 Å². The first-order valence-corrected chi connectivity index (χ1v) is 15.8. The van der Waals surface area contributed by atoms with Crippen molar-refractivity contribution < 1.29 is 37.8 Å². The van der Waals surface area contributed by atoms with Crippen molar-refractivity contribution in [3.05, 3.63) is 47.3 Å². The second-order valence-corrected chi connectivity index (χ2v) is 13.5. The molecule has 5 amide bonds. The van der Waals surface area contributed by atoms with E-state index >= 15 is 0 Å². The Morgan fingerprint density at radius 1 is 1.13 bits per heavy atom. The molecule has 250 valence electrons. The summed E-state index contributed by atoms with van der Waals surface area (Å²) in [5, 5.41) is 5.52. The van der Waals surface area contributed by atoms with Gasteiger partial charge in [-0.05, 0) is 58.1 Å². The quantitative estimate of drug-likeness (QED) is 0.169. The van der Waals surface area contributed by atoms with Crippen LogP contribution in [0.15, 0.2) is 30.4 Å². The van der Waals surface area contributed by atoms with Gasteiger partial charge in [-0.3, -0.25) is 24.7 Å². The molecule has 1 aromatic carbocycles. The van der Waals surface area contributed by atoms with Crippen molar-refractivity contribution in [2.24, 2.45) is 11.8 Å². The average Bonchev–Trinajstić information content (AvgIpc) is 3.29. The number of hydrogen-bond donors (Lipinski definition) is 4. The summed E-state index contributed by atoms with van der Waals surface area (Å²) in [6.07, 6.45) is 5.11. The second kappa shape index (κ2) is 13.3. The highest BCUT2D eigenvalue weighted by Crippen LogP contribution is 2.45. The molecular weight excluding hydrogens is 599 g/mol. The minimum Gasteiger partial charge on any atom is -0.444 e. The molecule has 5 N–H and O–H groups in total. The van der Waals surface area contributed by atoms with Crippen LogP contribution in [0.3, 0.4) is 0 Å². The number of nitrogens with one attached hydrogen (secondary N) is 3. The number of hydrogen-bond acceptors (Lipinski definition) is 8. The molecule has 4 aliphatic rings. The number of rotatable bonds is 3. The van der Waals surface area contributed by atoms with E-state index in [0.717, 1.165) is 19.3 Å². The van der Waals surface area contributed by atoms with Gasteiger partial charge in [0.1, 0.15) is 35.1 Å². The number of carbonyl (C=O) groups is 5. The van der Waals surface area contributed by atoms with E-state index in [9.17, 15) is 28.4 Å². The lowest BCUT2D eigenvalue weighted by Gasteiger charge is -2.30. The van der Waals surface area contributed by atoms with Crippen LogP contribution in [0.4, 0.5) is 14.0 Å². The topological polar surface area (TPSA) is 172 Å². The zero-order chi connectivity index (χ0) is 33.2. The molecule has 13 nitrogen and oxygen atoms in total. The Hall–Kier alpha value is -4.20. The van der Waals surface area contributed by atoms with E-state index in [1.54, 1.807) is 32.9 Å². The lowest BCUT2D eigenvalue weighted by atomic mass is 10.0. The number of fused-ring (bicyclic) bond motifs is 3. The largest absolute Gasteiger partial charge is 0.444 e. The summed E-state index contributed by atoms with van der Waals surface area (Å²) in [6, 6.07) is 2.53. The third-order valence-electron chi connectivity index (χ3n) is 8.92. The van der Waals surface area contributed by atoms with Crippen LogP contribution in [0.25, 0.3) is 0 Å². The maximum absolute atomic E-state index is 14.3. The van der Waals surface area contributed by atoms with Gasteiger partial charge < -0.3 is 25.0 Å². The highest BCUT2D eigenvalue weighted by atomic mass is 19.1. The van der Waals surface area contributed by atoms with Gasteiger partial charge in [-0.2, -0.15) is 0 Å². The predicted octanol–water partition coefficient (Wildman–Crippen LogP) is 2.53. The zero-order valence-corrected chi connectivity index (χ0v) is 26.5. The van der Waals surface area contributed by atoms with E-state index in [0.29, 0.717) is 30.4 Å². The molecule has 1 aromatic rings. The molecule has 5 rings (SSSR count). The Labute approximate surface area is 267 Å². The minimum absolute atomic E-state index is 0.0353. The molecular formula is C32H43FN6O7. The summed E-state index contributed by atoms with van der Waals surface area (Å²) >= 11 is 0. The number of nitrogens with two attached hydrogens (primary N) is 1.